The summed E-state index contributed by atoms with van der Waals surface area (Å²) in [4.78, 5) is 49.0. The molecule has 1 amide bonds. The zero-order valence-corrected chi connectivity index (χ0v) is 19.6. The van der Waals surface area contributed by atoms with Crippen molar-refractivity contribution in [1.29, 1.82) is 0 Å². The molecule has 9 heteroatoms. The van der Waals surface area contributed by atoms with Crippen LogP contribution in [0.5, 0.6) is 0 Å². The Morgan fingerprint density at radius 2 is 1.85 bits per heavy atom. The fraction of sp³-hybridized carbons (Fsp3) is 0.417. The topological polar surface area (TPSA) is 116 Å². The molecule has 1 fully saturated rings. The Bertz CT molecular complexity index is 1090. The monoisotopic (exact) mass is 454 g/mol. The number of hydrogen-bond donors (Lipinski definition) is 2. The number of amides is 1. The highest BCUT2D eigenvalue weighted by Gasteiger charge is 2.46. The van der Waals surface area contributed by atoms with Crippen LogP contribution in [0.3, 0.4) is 0 Å². The summed E-state index contributed by atoms with van der Waals surface area (Å²) in [6.07, 6.45) is 3.17. The second kappa shape index (κ2) is 9.99. The molecule has 1 aliphatic heterocycles. The molecule has 0 aliphatic carbocycles. The van der Waals surface area contributed by atoms with Gasteiger partial charge in [0.25, 0.3) is 11.7 Å². The van der Waals surface area contributed by atoms with Gasteiger partial charge in [0, 0.05) is 36.7 Å². The molecule has 2 aromatic heterocycles. The van der Waals surface area contributed by atoms with Crippen LogP contribution in [0.4, 0.5) is 0 Å². The number of aliphatic hydroxyl groups excluding tert-OH is 1. The Hall–Kier alpha value is -3.46. The minimum absolute atomic E-state index is 0.00707. The SMILES string of the molecule is CCN(CC)CCN1C(=O)C(=O)C(=C(O)c2c(C)[nH]c(C(=O)OC)c2C)[C@H]1c1ccncc1. The number of esters is 1. The van der Waals surface area contributed by atoms with Gasteiger partial charge in [-0.1, -0.05) is 13.8 Å². The minimum atomic E-state index is -0.765. The number of hydrogen-bond acceptors (Lipinski definition) is 7. The van der Waals surface area contributed by atoms with E-state index in [0.29, 0.717) is 35.5 Å². The Morgan fingerprint density at radius 1 is 1.21 bits per heavy atom. The quantitative estimate of drug-likeness (QED) is 0.273. The van der Waals surface area contributed by atoms with Crippen LogP contribution in [-0.4, -0.2) is 75.8 Å². The average Bonchev–Trinajstić information content (AvgIpc) is 3.26. The van der Waals surface area contributed by atoms with Crippen LogP contribution < -0.4 is 0 Å². The lowest BCUT2D eigenvalue weighted by atomic mass is 9.94. The summed E-state index contributed by atoms with van der Waals surface area (Å²) >= 11 is 0. The molecule has 1 atom stereocenters. The molecule has 0 saturated carbocycles. The molecular weight excluding hydrogens is 424 g/mol. The molecule has 1 aliphatic rings. The van der Waals surface area contributed by atoms with Crippen molar-refractivity contribution < 1.29 is 24.2 Å². The minimum Gasteiger partial charge on any atom is -0.507 e. The number of ether oxygens (including phenoxy) is 1. The second-order valence-corrected chi connectivity index (χ2v) is 7.92. The van der Waals surface area contributed by atoms with Crippen LogP contribution in [-0.2, 0) is 14.3 Å². The van der Waals surface area contributed by atoms with E-state index >= 15 is 0 Å². The van der Waals surface area contributed by atoms with Gasteiger partial charge in [-0.15, -0.1) is 0 Å². The number of methoxy groups -OCH3 is 1. The van der Waals surface area contributed by atoms with Gasteiger partial charge in [-0.05, 0) is 50.2 Å². The van der Waals surface area contributed by atoms with E-state index in [1.165, 1.54) is 12.0 Å². The fourth-order valence-corrected chi connectivity index (χ4v) is 4.34. The van der Waals surface area contributed by atoms with Crippen molar-refractivity contribution in [1.82, 2.24) is 19.8 Å². The maximum Gasteiger partial charge on any atom is 0.354 e. The van der Waals surface area contributed by atoms with E-state index in [9.17, 15) is 19.5 Å². The molecule has 176 valence electrons. The number of likely N-dealkylation sites (N-methyl/N-ethyl adjacent to an activating group) is 1. The largest absolute Gasteiger partial charge is 0.507 e. The maximum atomic E-state index is 13.2. The Kier molecular flexibility index (Phi) is 7.33. The van der Waals surface area contributed by atoms with Crippen LogP contribution in [0.1, 0.15) is 52.8 Å². The summed E-state index contributed by atoms with van der Waals surface area (Å²) in [6, 6.07) is 2.69. The van der Waals surface area contributed by atoms with Crippen molar-refractivity contribution in [2.75, 3.05) is 33.3 Å². The van der Waals surface area contributed by atoms with Gasteiger partial charge in [-0.25, -0.2) is 4.79 Å². The predicted molar refractivity (Wildman–Crippen MR) is 123 cm³/mol. The van der Waals surface area contributed by atoms with Crippen LogP contribution >= 0.6 is 0 Å². The lowest BCUT2D eigenvalue weighted by molar-refractivity contribution is -0.140. The number of pyridine rings is 1. The van der Waals surface area contributed by atoms with E-state index in [2.05, 4.69) is 14.9 Å². The zero-order chi connectivity index (χ0) is 24.3. The van der Waals surface area contributed by atoms with Crippen molar-refractivity contribution in [3.63, 3.8) is 0 Å². The summed E-state index contributed by atoms with van der Waals surface area (Å²) < 4.78 is 4.80. The van der Waals surface area contributed by atoms with Crippen molar-refractivity contribution in [2.45, 2.75) is 33.7 Å². The number of likely N-dealkylation sites (tertiary alicyclic amines) is 1. The third-order valence-electron chi connectivity index (χ3n) is 6.18. The predicted octanol–water partition coefficient (Wildman–Crippen LogP) is 2.58. The van der Waals surface area contributed by atoms with E-state index in [1.54, 1.807) is 38.4 Å². The number of H-pyrrole nitrogens is 1. The van der Waals surface area contributed by atoms with Crippen LogP contribution in [0.25, 0.3) is 5.76 Å². The maximum absolute atomic E-state index is 13.2. The molecule has 0 spiro atoms. The number of aliphatic hydroxyl groups is 1. The van der Waals surface area contributed by atoms with Gasteiger partial charge in [-0.3, -0.25) is 14.6 Å². The summed E-state index contributed by atoms with van der Waals surface area (Å²) in [5, 5.41) is 11.3. The van der Waals surface area contributed by atoms with Gasteiger partial charge >= 0.3 is 5.97 Å². The van der Waals surface area contributed by atoms with E-state index < -0.39 is 23.7 Å². The van der Waals surface area contributed by atoms with Crippen LogP contribution in [0.2, 0.25) is 0 Å². The van der Waals surface area contributed by atoms with Crippen LogP contribution in [0.15, 0.2) is 30.1 Å². The highest BCUT2D eigenvalue weighted by atomic mass is 16.5. The second-order valence-electron chi connectivity index (χ2n) is 7.92. The van der Waals surface area contributed by atoms with Crippen molar-refractivity contribution in [3.05, 3.63) is 58.2 Å². The summed E-state index contributed by atoms with van der Waals surface area (Å²) in [6.45, 7) is 9.97. The van der Waals surface area contributed by atoms with E-state index in [0.717, 1.165) is 13.1 Å². The molecular formula is C24H30N4O5. The van der Waals surface area contributed by atoms with E-state index in [1.807, 2.05) is 13.8 Å². The van der Waals surface area contributed by atoms with Gasteiger partial charge in [-0.2, -0.15) is 0 Å². The Balaban J connectivity index is 2.16. The third-order valence-corrected chi connectivity index (χ3v) is 6.18. The Morgan fingerprint density at radius 3 is 2.42 bits per heavy atom. The zero-order valence-electron chi connectivity index (χ0n) is 19.6. The first-order valence-corrected chi connectivity index (χ1v) is 10.9. The average molecular weight is 455 g/mol. The van der Waals surface area contributed by atoms with Crippen molar-refractivity contribution >= 4 is 23.4 Å². The number of aromatic nitrogens is 2. The molecule has 33 heavy (non-hydrogen) atoms. The van der Waals surface area contributed by atoms with Crippen molar-refractivity contribution in [3.8, 4) is 0 Å². The highest BCUT2D eigenvalue weighted by Crippen LogP contribution is 2.40. The summed E-state index contributed by atoms with van der Waals surface area (Å²) in [5.41, 5.74) is 2.11. The first kappa shape index (κ1) is 24.2. The molecule has 9 nitrogen and oxygen atoms in total. The van der Waals surface area contributed by atoms with Gasteiger partial charge in [0.1, 0.15) is 11.5 Å². The molecule has 0 bridgehead atoms. The van der Waals surface area contributed by atoms with Crippen molar-refractivity contribution in [2.24, 2.45) is 0 Å². The van der Waals surface area contributed by atoms with Gasteiger partial charge < -0.3 is 24.6 Å². The first-order valence-electron chi connectivity index (χ1n) is 10.9. The number of rotatable bonds is 8. The molecule has 3 heterocycles. The standard InChI is InChI=1S/C24H30N4O5/c1-6-27(7-2)12-13-28-20(16-8-10-25-11-9-16)18(22(30)23(28)31)21(29)17-14(3)19(24(32)33-5)26-15(17)4/h8-11,20,26,29H,6-7,12-13H2,1-5H3/t20-/m1/s1. The van der Waals surface area contributed by atoms with Crippen LogP contribution in [0, 0.1) is 13.8 Å². The lowest BCUT2D eigenvalue weighted by Crippen LogP contribution is -2.38. The number of ketones is 1. The third kappa shape index (κ3) is 4.41. The molecule has 2 aromatic rings. The molecule has 2 N–H and O–H groups in total. The number of aryl methyl sites for hydroxylation is 1. The number of carbonyl (C=O) groups excluding carboxylic acids is 3. The van der Waals surface area contributed by atoms with E-state index in [4.69, 9.17) is 4.74 Å². The Labute approximate surface area is 193 Å². The molecule has 0 aromatic carbocycles. The first-order chi connectivity index (χ1) is 15.8. The normalized spacial score (nSPS) is 17.8. The molecule has 3 rings (SSSR count). The van der Waals surface area contributed by atoms with Gasteiger partial charge in [0.15, 0.2) is 0 Å². The van der Waals surface area contributed by atoms with Gasteiger partial charge in [0.05, 0.1) is 18.7 Å². The summed E-state index contributed by atoms with van der Waals surface area (Å²) in [5.74, 6) is -2.32. The summed E-state index contributed by atoms with van der Waals surface area (Å²) in [7, 11) is 1.27. The molecule has 0 radical (unpaired) electrons. The highest BCUT2D eigenvalue weighted by molar-refractivity contribution is 6.46. The number of nitrogens with zero attached hydrogens (tertiary/aromatic N) is 3. The number of aromatic amines is 1. The van der Waals surface area contributed by atoms with Gasteiger partial charge in [0.2, 0.25) is 0 Å². The number of nitrogens with one attached hydrogen (secondary N) is 1. The smallest absolute Gasteiger partial charge is 0.354 e. The fourth-order valence-electron chi connectivity index (χ4n) is 4.34. The lowest BCUT2D eigenvalue weighted by Gasteiger charge is -2.28. The van der Waals surface area contributed by atoms with E-state index in [-0.39, 0.29) is 17.0 Å². The molecule has 0 unspecified atom stereocenters. The number of Topliss-reactive ketones (excluding diaryl/α,β-unsaturated/α-hetero) is 1. The molecule has 1 saturated heterocycles. The number of carbonyl (C=O) groups is 3.